The fraction of sp³-hybridized carbons (Fsp3) is 0.733. The minimum absolute atomic E-state index is 0.00203. The number of sulfone groups is 1. The first kappa shape index (κ1) is 18.4. The molecule has 2 rings (SSSR count). The Kier molecular flexibility index (Phi) is 5.48. The quantitative estimate of drug-likeness (QED) is 0.867. The summed E-state index contributed by atoms with van der Waals surface area (Å²) in [6.45, 7) is 8.43. The van der Waals surface area contributed by atoms with Crippen molar-refractivity contribution in [2.75, 3.05) is 13.2 Å². The fourth-order valence-electron chi connectivity index (χ4n) is 2.19. The zero-order chi connectivity index (χ0) is 17.3. The van der Waals surface area contributed by atoms with Crippen LogP contribution in [0.25, 0.3) is 0 Å². The van der Waals surface area contributed by atoms with Gasteiger partial charge in [0.25, 0.3) is 0 Å². The van der Waals surface area contributed by atoms with Crippen molar-refractivity contribution in [3.05, 3.63) is 11.1 Å². The molecule has 1 saturated heterocycles. The van der Waals surface area contributed by atoms with E-state index in [1.165, 1.54) is 6.92 Å². The zero-order valence-corrected chi connectivity index (χ0v) is 15.6. The SMILES string of the molecule is CC(C(=O)NCC1CCCO1)S(=O)(=O)c1ncc(C(C)(C)C)s1. The van der Waals surface area contributed by atoms with Crippen LogP contribution in [0.15, 0.2) is 10.5 Å². The topological polar surface area (TPSA) is 85.4 Å². The molecule has 1 fully saturated rings. The molecule has 0 radical (unpaired) electrons. The first-order chi connectivity index (χ1) is 10.6. The van der Waals surface area contributed by atoms with Gasteiger partial charge in [0.05, 0.1) is 6.10 Å². The van der Waals surface area contributed by atoms with Crippen molar-refractivity contribution in [2.24, 2.45) is 0 Å². The molecule has 0 bridgehead atoms. The third-order valence-electron chi connectivity index (χ3n) is 3.83. The van der Waals surface area contributed by atoms with Crippen LogP contribution in [0.2, 0.25) is 0 Å². The van der Waals surface area contributed by atoms with Crippen molar-refractivity contribution in [3.8, 4) is 0 Å². The highest BCUT2D eigenvalue weighted by molar-refractivity contribution is 7.94. The van der Waals surface area contributed by atoms with Crippen LogP contribution in [0.1, 0.15) is 45.4 Å². The van der Waals surface area contributed by atoms with Crippen molar-refractivity contribution in [1.29, 1.82) is 0 Å². The van der Waals surface area contributed by atoms with Crippen LogP contribution in [0, 0.1) is 0 Å². The van der Waals surface area contributed by atoms with Crippen molar-refractivity contribution in [3.63, 3.8) is 0 Å². The van der Waals surface area contributed by atoms with Gasteiger partial charge in [0.15, 0.2) is 0 Å². The normalized spacial score (nSPS) is 20.4. The Morgan fingerprint density at radius 1 is 1.52 bits per heavy atom. The number of thiazole rings is 1. The lowest BCUT2D eigenvalue weighted by molar-refractivity contribution is -0.120. The average Bonchev–Trinajstić information content (AvgIpc) is 3.13. The summed E-state index contributed by atoms with van der Waals surface area (Å²) in [5.41, 5.74) is -0.170. The minimum Gasteiger partial charge on any atom is -0.376 e. The van der Waals surface area contributed by atoms with Gasteiger partial charge in [-0.05, 0) is 25.2 Å². The van der Waals surface area contributed by atoms with Gasteiger partial charge in [0.1, 0.15) is 5.25 Å². The molecule has 2 unspecified atom stereocenters. The highest BCUT2D eigenvalue weighted by Gasteiger charge is 2.33. The van der Waals surface area contributed by atoms with Gasteiger partial charge in [-0.2, -0.15) is 0 Å². The maximum Gasteiger partial charge on any atom is 0.238 e. The second-order valence-corrected chi connectivity index (χ2v) is 10.3. The number of hydrogen-bond donors (Lipinski definition) is 1. The molecule has 0 saturated carbocycles. The van der Waals surface area contributed by atoms with Gasteiger partial charge in [0, 0.05) is 24.2 Å². The molecule has 0 spiro atoms. The van der Waals surface area contributed by atoms with Gasteiger partial charge in [-0.15, -0.1) is 11.3 Å². The first-order valence-corrected chi connectivity index (χ1v) is 10.1. The van der Waals surface area contributed by atoms with Crippen molar-refractivity contribution in [2.45, 2.75) is 61.6 Å². The predicted molar refractivity (Wildman–Crippen MR) is 89.4 cm³/mol. The molecule has 1 aliphatic rings. The molecule has 0 aromatic carbocycles. The van der Waals surface area contributed by atoms with Gasteiger partial charge in [-0.1, -0.05) is 20.8 Å². The molecule has 130 valence electrons. The maximum atomic E-state index is 12.6. The van der Waals surface area contributed by atoms with Crippen LogP contribution in [-0.2, 0) is 24.8 Å². The molecular weight excluding hydrogens is 336 g/mol. The van der Waals surface area contributed by atoms with Crippen molar-refractivity contribution in [1.82, 2.24) is 10.3 Å². The Hall–Kier alpha value is -0.990. The number of hydrogen-bond acceptors (Lipinski definition) is 6. The Balaban J connectivity index is 2.05. The summed E-state index contributed by atoms with van der Waals surface area (Å²) in [4.78, 5) is 17.1. The monoisotopic (exact) mass is 360 g/mol. The van der Waals surface area contributed by atoms with Crippen LogP contribution >= 0.6 is 11.3 Å². The van der Waals surface area contributed by atoms with E-state index < -0.39 is 21.0 Å². The van der Waals surface area contributed by atoms with Crippen LogP contribution in [0.4, 0.5) is 0 Å². The highest BCUT2D eigenvalue weighted by Crippen LogP contribution is 2.31. The molecular formula is C15H24N2O4S2. The van der Waals surface area contributed by atoms with E-state index in [0.29, 0.717) is 13.2 Å². The second kappa shape index (κ2) is 6.86. The number of nitrogens with one attached hydrogen (secondary N) is 1. The highest BCUT2D eigenvalue weighted by atomic mass is 32.2. The Bertz CT molecular complexity index is 655. The van der Waals surface area contributed by atoms with Crippen LogP contribution in [-0.4, -0.2) is 43.8 Å². The summed E-state index contributed by atoms with van der Waals surface area (Å²) in [7, 11) is -3.77. The van der Waals surface area contributed by atoms with E-state index in [1.54, 1.807) is 6.20 Å². The molecule has 23 heavy (non-hydrogen) atoms. The third-order valence-corrected chi connectivity index (χ3v) is 7.73. The summed E-state index contributed by atoms with van der Waals surface area (Å²) < 4.78 is 30.6. The summed E-state index contributed by atoms with van der Waals surface area (Å²) in [6.07, 6.45) is 3.43. The number of aromatic nitrogens is 1. The number of nitrogens with zero attached hydrogens (tertiary/aromatic N) is 1. The molecule has 1 aliphatic heterocycles. The zero-order valence-electron chi connectivity index (χ0n) is 14.0. The molecule has 1 amide bonds. The second-order valence-electron chi connectivity index (χ2n) is 6.81. The fourth-order valence-corrected chi connectivity index (χ4v) is 4.93. The lowest BCUT2D eigenvalue weighted by Crippen LogP contribution is -2.41. The minimum atomic E-state index is -3.77. The molecule has 2 heterocycles. The Labute approximate surface area is 141 Å². The third kappa shape index (κ3) is 4.30. The Morgan fingerprint density at radius 3 is 2.74 bits per heavy atom. The van der Waals surface area contributed by atoms with Crippen LogP contribution in [0.5, 0.6) is 0 Å². The lowest BCUT2D eigenvalue weighted by Gasteiger charge is -2.15. The smallest absolute Gasteiger partial charge is 0.238 e. The molecule has 2 atom stereocenters. The van der Waals surface area contributed by atoms with E-state index in [-0.39, 0.29) is 15.9 Å². The van der Waals surface area contributed by atoms with Gasteiger partial charge in [0.2, 0.25) is 20.1 Å². The summed E-state index contributed by atoms with van der Waals surface area (Å²) in [5.74, 6) is -0.506. The maximum absolute atomic E-state index is 12.6. The molecule has 8 heteroatoms. The van der Waals surface area contributed by atoms with Gasteiger partial charge in [-0.25, -0.2) is 13.4 Å². The molecule has 1 N–H and O–H groups in total. The van der Waals surface area contributed by atoms with E-state index in [1.807, 2.05) is 20.8 Å². The van der Waals surface area contributed by atoms with E-state index in [2.05, 4.69) is 10.3 Å². The number of amides is 1. The van der Waals surface area contributed by atoms with E-state index in [0.717, 1.165) is 29.1 Å². The standard InChI is InChI=1S/C15H24N2O4S2/c1-10(13(18)16-8-11-6-5-7-21-11)23(19,20)14-17-9-12(22-14)15(2,3)4/h9-11H,5-8H2,1-4H3,(H,16,18). The van der Waals surface area contributed by atoms with Gasteiger partial charge >= 0.3 is 0 Å². The number of rotatable bonds is 5. The first-order valence-electron chi connectivity index (χ1n) is 7.72. The summed E-state index contributed by atoms with van der Waals surface area (Å²) in [5, 5.41) is 1.51. The van der Waals surface area contributed by atoms with E-state index in [4.69, 9.17) is 4.74 Å². The van der Waals surface area contributed by atoms with Crippen LogP contribution in [0.3, 0.4) is 0 Å². The number of ether oxygens (including phenoxy) is 1. The largest absolute Gasteiger partial charge is 0.376 e. The molecule has 1 aromatic heterocycles. The van der Waals surface area contributed by atoms with Gasteiger partial charge in [-0.3, -0.25) is 4.79 Å². The van der Waals surface area contributed by atoms with Crippen molar-refractivity contribution >= 4 is 27.1 Å². The summed E-state index contributed by atoms with van der Waals surface area (Å²) in [6, 6.07) is 0. The molecule has 0 aliphatic carbocycles. The lowest BCUT2D eigenvalue weighted by atomic mass is 9.96. The average molecular weight is 361 g/mol. The van der Waals surface area contributed by atoms with E-state index >= 15 is 0 Å². The number of carbonyl (C=O) groups is 1. The molecule has 1 aromatic rings. The van der Waals surface area contributed by atoms with Crippen molar-refractivity contribution < 1.29 is 17.9 Å². The summed E-state index contributed by atoms with van der Waals surface area (Å²) >= 11 is 1.13. The Morgan fingerprint density at radius 2 is 2.22 bits per heavy atom. The van der Waals surface area contributed by atoms with Gasteiger partial charge < -0.3 is 10.1 Å². The predicted octanol–water partition coefficient (Wildman–Crippen LogP) is 1.90. The number of carbonyl (C=O) groups excluding carboxylic acids is 1. The van der Waals surface area contributed by atoms with Crippen LogP contribution < -0.4 is 5.32 Å². The molecule has 6 nitrogen and oxygen atoms in total. The van der Waals surface area contributed by atoms with E-state index in [9.17, 15) is 13.2 Å².